The minimum Gasteiger partial charge on any atom is -0.504 e. The first-order chi connectivity index (χ1) is 11.6. The summed E-state index contributed by atoms with van der Waals surface area (Å²) in [5.74, 6) is 0.848. The van der Waals surface area contributed by atoms with E-state index >= 15 is 0 Å². The van der Waals surface area contributed by atoms with Gasteiger partial charge >= 0.3 is 0 Å². The Morgan fingerprint density at radius 2 is 1.92 bits per heavy atom. The second kappa shape index (κ2) is 8.42. The van der Waals surface area contributed by atoms with E-state index in [-0.39, 0.29) is 18.2 Å². The lowest BCUT2D eigenvalue weighted by Crippen LogP contribution is -2.25. The lowest BCUT2D eigenvalue weighted by atomic mass is 10.2. The van der Waals surface area contributed by atoms with Crippen molar-refractivity contribution in [3.05, 3.63) is 48.0 Å². The van der Waals surface area contributed by atoms with Crippen LogP contribution < -0.4 is 20.2 Å². The van der Waals surface area contributed by atoms with Crippen molar-refractivity contribution in [1.82, 2.24) is 5.43 Å². The van der Waals surface area contributed by atoms with Crippen LogP contribution in [0.15, 0.2) is 47.6 Å². The van der Waals surface area contributed by atoms with Crippen molar-refractivity contribution in [2.75, 3.05) is 26.1 Å². The van der Waals surface area contributed by atoms with Crippen LogP contribution in [0.25, 0.3) is 0 Å². The van der Waals surface area contributed by atoms with Crippen molar-refractivity contribution in [3.8, 4) is 17.2 Å². The van der Waals surface area contributed by atoms with E-state index in [4.69, 9.17) is 9.47 Å². The first kappa shape index (κ1) is 17.1. The Hall–Kier alpha value is -3.22. The third-order valence-corrected chi connectivity index (χ3v) is 3.15. The highest BCUT2D eigenvalue weighted by Gasteiger charge is 2.02. The number of benzene rings is 2. The molecule has 0 fully saturated rings. The number of hydrogen-bond donors (Lipinski definition) is 3. The van der Waals surface area contributed by atoms with E-state index < -0.39 is 0 Å². The number of amides is 1. The van der Waals surface area contributed by atoms with Crippen molar-refractivity contribution in [1.29, 1.82) is 0 Å². The molecular weight excluding hydrogens is 310 g/mol. The molecule has 0 saturated carbocycles. The summed E-state index contributed by atoms with van der Waals surface area (Å²) in [4.78, 5) is 11.7. The largest absolute Gasteiger partial charge is 0.504 e. The van der Waals surface area contributed by atoms with Gasteiger partial charge in [0.2, 0.25) is 0 Å². The molecule has 0 radical (unpaired) electrons. The maximum atomic E-state index is 11.7. The fourth-order valence-corrected chi connectivity index (χ4v) is 1.88. The van der Waals surface area contributed by atoms with E-state index in [2.05, 4.69) is 15.8 Å². The molecule has 24 heavy (non-hydrogen) atoms. The molecule has 1 amide bonds. The summed E-state index contributed by atoms with van der Waals surface area (Å²) in [6.07, 6.45) is 1.47. The topological polar surface area (TPSA) is 92.2 Å². The van der Waals surface area contributed by atoms with E-state index in [0.717, 1.165) is 11.4 Å². The van der Waals surface area contributed by atoms with E-state index in [1.54, 1.807) is 31.4 Å². The Labute approximate surface area is 139 Å². The van der Waals surface area contributed by atoms with Crippen molar-refractivity contribution in [2.45, 2.75) is 0 Å². The monoisotopic (exact) mass is 329 g/mol. The first-order valence-corrected chi connectivity index (χ1v) is 7.19. The zero-order valence-electron chi connectivity index (χ0n) is 13.4. The Morgan fingerprint density at radius 1 is 1.17 bits per heavy atom. The van der Waals surface area contributed by atoms with Crippen molar-refractivity contribution < 1.29 is 19.4 Å². The summed E-state index contributed by atoms with van der Waals surface area (Å²) in [7, 11) is 3.06. The van der Waals surface area contributed by atoms with E-state index in [0.29, 0.717) is 11.3 Å². The van der Waals surface area contributed by atoms with Gasteiger partial charge in [-0.1, -0.05) is 0 Å². The number of rotatable bonds is 7. The minimum atomic E-state index is -0.284. The number of ether oxygens (including phenoxy) is 2. The van der Waals surface area contributed by atoms with Gasteiger partial charge in [0.25, 0.3) is 5.91 Å². The minimum absolute atomic E-state index is 0.0439. The first-order valence-electron chi connectivity index (χ1n) is 7.19. The van der Waals surface area contributed by atoms with E-state index in [1.165, 1.54) is 19.4 Å². The Bertz CT molecular complexity index is 714. The number of anilines is 1. The summed E-state index contributed by atoms with van der Waals surface area (Å²) in [5.41, 5.74) is 3.91. The number of methoxy groups -OCH3 is 2. The van der Waals surface area contributed by atoms with Crippen LogP contribution in [0.2, 0.25) is 0 Å². The van der Waals surface area contributed by atoms with Gasteiger partial charge in [-0.15, -0.1) is 0 Å². The number of nitrogens with one attached hydrogen (secondary N) is 2. The predicted molar refractivity (Wildman–Crippen MR) is 91.9 cm³/mol. The Balaban J connectivity index is 1.81. The van der Waals surface area contributed by atoms with Gasteiger partial charge in [0.05, 0.1) is 27.0 Å². The van der Waals surface area contributed by atoms with Crippen molar-refractivity contribution in [2.24, 2.45) is 5.10 Å². The Kier molecular flexibility index (Phi) is 6.01. The van der Waals surface area contributed by atoms with Gasteiger partial charge in [-0.05, 0) is 48.0 Å². The summed E-state index contributed by atoms with van der Waals surface area (Å²) in [6, 6.07) is 12.0. The lowest BCUT2D eigenvalue weighted by molar-refractivity contribution is -0.119. The van der Waals surface area contributed by atoms with Crippen LogP contribution in [0, 0.1) is 0 Å². The third-order valence-electron chi connectivity index (χ3n) is 3.15. The molecule has 0 saturated heterocycles. The molecule has 0 spiro atoms. The van der Waals surface area contributed by atoms with Gasteiger partial charge in [-0.2, -0.15) is 5.10 Å². The maximum absolute atomic E-state index is 11.7. The second-order valence-electron chi connectivity index (χ2n) is 4.81. The van der Waals surface area contributed by atoms with Crippen LogP contribution in [0.3, 0.4) is 0 Å². The van der Waals surface area contributed by atoms with Crippen LogP contribution in [0.1, 0.15) is 5.56 Å². The molecule has 0 atom stereocenters. The zero-order chi connectivity index (χ0) is 17.4. The van der Waals surface area contributed by atoms with Gasteiger partial charge in [-0.25, -0.2) is 5.43 Å². The van der Waals surface area contributed by atoms with Gasteiger partial charge in [0, 0.05) is 5.69 Å². The number of aromatic hydroxyl groups is 1. The number of carbonyl (C=O) groups excluding carboxylic acids is 1. The average molecular weight is 329 g/mol. The number of hydrazone groups is 1. The number of hydrogen-bond acceptors (Lipinski definition) is 6. The van der Waals surface area contributed by atoms with Crippen molar-refractivity contribution in [3.63, 3.8) is 0 Å². The fourth-order valence-electron chi connectivity index (χ4n) is 1.88. The van der Waals surface area contributed by atoms with Crippen LogP contribution in [0.4, 0.5) is 5.69 Å². The maximum Gasteiger partial charge on any atom is 0.259 e. The summed E-state index contributed by atoms with van der Waals surface area (Å²) in [5, 5.41) is 16.3. The number of phenolic OH excluding ortho intramolecular Hbond substituents is 1. The average Bonchev–Trinajstić information content (AvgIpc) is 2.61. The molecule has 7 heteroatoms. The molecule has 126 valence electrons. The Morgan fingerprint density at radius 3 is 2.58 bits per heavy atom. The smallest absolute Gasteiger partial charge is 0.259 e. The highest BCUT2D eigenvalue weighted by molar-refractivity contribution is 5.84. The molecule has 3 N–H and O–H groups in total. The van der Waals surface area contributed by atoms with E-state index in [9.17, 15) is 9.90 Å². The molecule has 2 aromatic carbocycles. The summed E-state index contributed by atoms with van der Waals surface area (Å²) in [6.45, 7) is 0.0859. The summed E-state index contributed by atoms with van der Waals surface area (Å²) < 4.78 is 10.1. The molecule has 2 aromatic rings. The SMILES string of the molecule is COc1ccc(NCC(=O)NN=Cc2ccc(O)c(OC)c2)cc1. The molecule has 0 unspecified atom stereocenters. The zero-order valence-corrected chi connectivity index (χ0v) is 13.4. The fraction of sp³-hybridized carbons (Fsp3) is 0.176. The molecule has 0 aliphatic carbocycles. The summed E-state index contributed by atoms with van der Waals surface area (Å²) >= 11 is 0. The van der Waals surface area contributed by atoms with Crippen LogP contribution in [0.5, 0.6) is 17.2 Å². The van der Waals surface area contributed by atoms with Gasteiger partial charge in [-0.3, -0.25) is 4.79 Å². The van der Waals surface area contributed by atoms with Crippen LogP contribution in [-0.2, 0) is 4.79 Å². The van der Waals surface area contributed by atoms with Crippen LogP contribution in [-0.4, -0.2) is 38.0 Å². The van der Waals surface area contributed by atoms with E-state index in [1.807, 2.05) is 12.1 Å². The number of carbonyl (C=O) groups is 1. The molecule has 0 heterocycles. The lowest BCUT2D eigenvalue weighted by Gasteiger charge is -2.06. The molecule has 0 bridgehead atoms. The molecule has 0 aliphatic rings. The number of nitrogens with zero attached hydrogens (tertiary/aromatic N) is 1. The van der Waals surface area contributed by atoms with Crippen LogP contribution >= 0.6 is 0 Å². The quantitative estimate of drug-likeness (QED) is 0.533. The number of phenols is 1. The molecule has 0 aromatic heterocycles. The van der Waals surface area contributed by atoms with Gasteiger partial charge in [0.15, 0.2) is 11.5 Å². The van der Waals surface area contributed by atoms with Gasteiger partial charge in [0.1, 0.15) is 5.75 Å². The molecular formula is C17H19N3O4. The van der Waals surface area contributed by atoms with Crippen molar-refractivity contribution >= 4 is 17.8 Å². The molecule has 0 aliphatic heterocycles. The molecule has 2 rings (SSSR count). The standard InChI is InChI=1S/C17H19N3O4/c1-23-14-6-4-13(5-7-14)18-11-17(22)20-19-10-12-3-8-15(21)16(9-12)24-2/h3-10,18,21H,11H2,1-2H3,(H,20,22). The highest BCUT2D eigenvalue weighted by Crippen LogP contribution is 2.25. The predicted octanol–water partition coefficient (Wildman–Crippen LogP) is 1.97. The normalized spacial score (nSPS) is 10.4. The third kappa shape index (κ3) is 4.91. The van der Waals surface area contributed by atoms with Gasteiger partial charge < -0.3 is 19.9 Å². The highest BCUT2D eigenvalue weighted by atomic mass is 16.5. The second-order valence-corrected chi connectivity index (χ2v) is 4.81. The molecule has 7 nitrogen and oxygen atoms in total.